The number of methoxy groups -OCH3 is 1. The highest BCUT2D eigenvalue weighted by Crippen LogP contribution is 2.02. The van der Waals surface area contributed by atoms with E-state index in [-0.39, 0.29) is 24.1 Å². The molecule has 0 fully saturated rings. The van der Waals surface area contributed by atoms with Crippen molar-refractivity contribution in [1.29, 1.82) is 0 Å². The number of rotatable bonds is 6. The summed E-state index contributed by atoms with van der Waals surface area (Å²) in [4.78, 5) is 21.9. The van der Waals surface area contributed by atoms with Crippen LogP contribution in [0.3, 0.4) is 0 Å². The van der Waals surface area contributed by atoms with Crippen LogP contribution in [-0.4, -0.2) is 37.1 Å². The first-order valence-corrected chi connectivity index (χ1v) is 11.8. The zero-order valence-corrected chi connectivity index (χ0v) is 21.4. The Balaban J connectivity index is 0.000000456. The van der Waals surface area contributed by atoms with Crippen LogP contribution in [0.25, 0.3) is 0 Å². The maximum Gasteiger partial charge on any atom is 0.339 e. The minimum absolute atomic E-state index is 0.103. The molecule has 0 bridgehead atoms. The Morgan fingerprint density at radius 1 is 0.647 bits per heavy atom. The first-order chi connectivity index (χ1) is 16.5. The largest absolute Gasteiger partial charge is 0.446 e. The lowest BCUT2D eigenvalue weighted by atomic mass is 10.2. The smallest absolute Gasteiger partial charge is 0.339 e. The molecule has 0 aliphatic carbocycles. The maximum absolute atomic E-state index is 10.9. The lowest BCUT2D eigenvalue weighted by Gasteiger charge is -1.98. The number of alkyl halides is 3. The van der Waals surface area contributed by atoms with Crippen molar-refractivity contribution in [2.45, 2.75) is 13.5 Å². The summed E-state index contributed by atoms with van der Waals surface area (Å²) in [6, 6.07) is 27.3. The first-order valence-electron chi connectivity index (χ1n) is 10.2. The number of ether oxygens (including phenoxy) is 3. The normalized spacial score (nSPS) is 8.97. The van der Waals surface area contributed by atoms with E-state index in [1.54, 1.807) is 55.6 Å². The van der Waals surface area contributed by atoms with Crippen LogP contribution in [-0.2, 0) is 20.8 Å². The third kappa shape index (κ3) is 16.1. The highest BCUT2D eigenvalue weighted by molar-refractivity contribution is 6.18. The van der Waals surface area contributed by atoms with Crippen LogP contribution in [0.2, 0.25) is 0 Å². The van der Waals surface area contributed by atoms with Gasteiger partial charge in [-0.2, -0.15) is 0 Å². The minimum atomic E-state index is -0.388. The van der Waals surface area contributed by atoms with E-state index in [9.17, 15) is 9.59 Å². The molecular weight excluding hydrogens is 499 g/mol. The second kappa shape index (κ2) is 22.2. The van der Waals surface area contributed by atoms with E-state index in [2.05, 4.69) is 9.47 Å². The highest BCUT2D eigenvalue weighted by atomic mass is 35.5. The van der Waals surface area contributed by atoms with Crippen LogP contribution in [0, 0.1) is 0 Å². The molecule has 3 aromatic rings. The van der Waals surface area contributed by atoms with Crippen molar-refractivity contribution in [1.82, 2.24) is 0 Å². The fraction of sp³-hybridized carbons (Fsp3) is 0.231. The van der Waals surface area contributed by atoms with Gasteiger partial charge in [-0.25, -0.2) is 9.59 Å². The predicted octanol–water partition coefficient (Wildman–Crippen LogP) is 7.16. The Morgan fingerprint density at radius 2 is 0.971 bits per heavy atom. The Hall–Kier alpha value is -2.57. The third-order valence-electron chi connectivity index (χ3n) is 3.54. The van der Waals surface area contributed by atoms with Gasteiger partial charge < -0.3 is 14.2 Å². The molecule has 3 rings (SSSR count). The van der Waals surface area contributed by atoms with E-state index < -0.39 is 0 Å². The van der Waals surface area contributed by atoms with Crippen molar-refractivity contribution in [2.75, 3.05) is 25.1 Å². The molecule has 34 heavy (non-hydrogen) atoms. The fourth-order valence-corrected chi connectivity index (χ4v) is 2.35. The zero-order chi connectivity index (χ0) is 25.4. The molecule has 0 atom stereocenters. The van der Waals surface area contributed by atoms with Crippen LogP contribution < -0.4 is 0 Å². The van der Waals surface area contributed by atoms with Gasteiger partial charge in [-0.05, 0) is 29.8 Å². The molecule has 3 aromatic carbocycles. The molecule has 0 aliphatic rings. The Morgan fingerprint density at radius 3 is 1.26 bits per heavy atom. The van der Waals surface area contributed by atoms with Gasteiger partial charge in [0.25, 0.3) is 0 Å². The summed E-state index contributed by atoms with van der Waals surface area (Å²) in [7, 11) is 1.70. The van der Waals surface area contributed by atoms with E-state index in [0.717, 1.165) is 5.88 Å². The second-order valence-corrected chi connectivity index (χ2v) is 6.97. The molecule has 0 radical (unpaired) electrons. The molecule has 184 valence electrons. The highest BCUT2D eigenvalue weighted by Gasteiger charge is 2.03. The average molecular weight is 528 g/mol. The van der Waals surface area contributed by atoms with Crippen LogP contribution in [0.4, 0.5) is 0 Å². The van der Waals surface area contributed by atoms with E-state index in [4.69, 9.17) is 39.5 Å². The van der Waals surface area contributed by atoms with Crippen LogP contribution >= 0.6 is 34.8 Å². The minimum Gasteiger partial charge on any atom is -0.446 e. The van der Waals surface area contributed by atoms with Crippen molar-refractivity contribution < 1.29 is 23.8 Å². The monoisotopic (exact) mass is 526 g/mol. The van der Waals surface area contributed by atoms with Gasteiger partial charge >= 0.3 is 11.9 Å². The van der Waals surface area contributed by atoms with E-state index in [1.165, 1.54) is 5.56 Å². The summed E-state index contributed by atoms with van der Waals surface area (Å²) in [5.74, 6) is -0.0544. The molecule has 0 saturated carbocycles. The van der Waals surface area contributed by atoms with Crippen LogP contribution in [0.15, 0.2) is 91.0 Å². The number of carbonyl (C=O) groups is 2. The molecule has 8 heteroatoms. The maximum atomic E-state index is 10.9. The summed E-state index contributed by atoms with van der Waals surface area (Å²) < 4.78 is 14.0. The molecule has 0 unspecified atom stereocenters. The molecule has 0 amide bonds. The molecule has 0 saturated heterocycles. The molecule has 0 N–H and O–H groups in total. The van der Waals surface area contributed by atoms with Crippen molar-refractivity contribution in [3.05, 3.63) is 108 Å². The van der Waals surface area contributed by atoms with Crippen molar-refractivity contribution in [2.24, 2.45) is 0 Å². The Labute approximate surface area is 216 Å². The Kier molecular flexibility index (Phi) is 20.6. The van der Waals surface area contributed by atoms with E-state index >= 15 is 0 Å². The molecule has 0 aliphatic heterocycles. The second-order valence-electron chi connectivity index (χ2n) is 6.00. The van der Waals surface area contributed by atoms with E-state index in [0.29, 0.717) is 17.7 Å². The van der Waals surface area contributed by atoms with Gasteiger partial charge in [-0.1, -0.05) is 96.9 Å². The van der Waals surface area contributed by atoms with Gasteiger partial charge in [-0.15, -0.1) is 11.6 Å². The standard InChI is InChI=1S/2C8H7ClO2.C8H10O.C2H5Cl/c2*9-6-11-8(10)7-4-2-1-3-5-7;1-9-7-8-5-3-2-4-6-8;1-2-3/h2*1-5H,6H2;2-6H,7H2,1H3;2H2,1H3. The first kappa shape index (κ1) is 31.4. The summed E-state index contributed by atoms with van der Waals surface area (Å²) in [6.07, 6.45) is 0. The van der Waals surface area contributed by atoms with Gasteiger partial charge in [0.2, 0.25) is 0 Å². The van der Waals surface area contributed by atoms with Crippen molar-refractivity contribution in [3.8, 4) is 0 Å². The summed E-state index contributed by atoms with van der Waals surface area (Å²) >= 11 is 15.4. The molecule has 0 aromatic heterocycles. The van der Waals surface area contributed by atoms with Gasteiger partial charge in [-0.3, -0.25) is 0 Å². The quantitative estimate of drug-likeness (QED) is 0.251. The predicted molar refractivity (Wildman–Crippen MR) is 139 cm³/mol. The molecular formula is C26H29Cl3O5. The number of hydrogen-bond donors (Lipinski definition) is 0. The third-order valence-corrected chi connectivity index (χ3v) is 3.76. The number of halogens is 3. The van der Waals surface area contributed by atoms with Crippen molar-refractivity contribution in [3.63, 3.8) is 0 Å². The summed E-state index contributed by atoms with van der Waals surface area (Å²) in [5, 5.41) is 0. The lowest BCUT2D eigenvalue weighted by Crippen LogP contribution is -2.02. The molecule has 5 nitrogen and oxygen atoms in total. The summed E-state index contributed by atoms with van der Waals surface area (Å²) in [5.41, 5.74) is 2.27. The van der Waals surface area contributed by atoms with Crippen molar-refractivity contribution >= 4 is 46.7 Å². The number of carbonyl (C=O) groups excluding carboxylic acids is 2. The molecule has 0 heterocycles. The number of hydrogen-bond acceptors (Lipinski definition) is 5. The number of esters is 2. The zero-order valence-electron chi connectivity index (χ0n) is 19.2. The fourth-order valence-electron chi connectivity index (χ4n) is 2.16. The number of benzene rings is 3. The van der Waals surface area contributed by atoms with Gasteiger partial charge in [0.15, 0.2) is 12.1 Å². The lowest BCUT2D eigenvalue weighted by molar-refractivity contribution is 0.0565. The Bertz CT molecular complexity index is 825. The summed E-state index contributed by atoms with van der Waals surface area (Å²) in [6.45, 7) is 2.60. The van der Waals surface area contributed by atoms with Crippen LogP contribution in [0.1, 0.15) is 33.2 Å². The van der Waals surface area contributed by atoms with Gasteiger partial charge in [0.1, 0.15) is 0 Å². The van der Waals surface area contributed by atoms with Gasteiger partial charge in [0.05, 0.1) is 17.7 Å². The SMILES string of the molecule is CCCl.COCc1ccccc1.O=C(OCCl)c1ccccc1.O=C(OCCl)c1ccccc1. The average Bonchev–Trinajstić information content (AvgIpc) is 2.88. The van der Waals surface area contributed by atoms with Gasteiger partial charge in [0, 0.05) is 13.0 Å². The van der Waals surface area contributed by atoms with E-state index in [1.807, 2.05) is 49.4 Å². The topological polar surface area (TPSA) is 61.8 Å². The molecule has 0 spiro atoms. The van der Waals surface area contributed by atoms with Crippen LogP contribution in [0.5, 0.6) is 0 Å².